The van der Waals surface area contributed by atoms with E-state index < -0.39 is 0 Å². The molecule has 0 saturated carbocycles. The van der Waals surface area contributed by atoms with Crippen LogP contribution in [0, 0.1) is 0 Å². The van der Waals surface area contributed by atoms with Gasteiger partial charge in [-0.25, -0.2) is 0 Å². The van der Waals surface area contributed by atoms with E-state index >= 15 is 0 Å². The maximum absolute atomic E-state index is 3.71. The summed E-state index contributed by atoms with van der Waals surface area (Å²) in [6.45, 7) is 0. The second-order valence-corrected chi connectivity index (χ2v) is 1.87. The van der Waals surface area contributed by atoms with Gasteiger partial charge in [-0.15, -0.1) is 0 Å². The van der Waals surface area contributed by atoms with Crippen LogP contribution in [0.25, 0.3) is 0 Å². The highest BCUT2D eigenvalue weighted by atomic mass is 16.0. The minimum absolute atomic E-state index is 0. The Morgan fingerprint density at radius 3 is 1.11 bits per heavy atom. The molecule has 0 fully saturated rings. The van der Waals surface area contributed by atoms with Gasteiger partial charge in [-0.05, 0) is 0 Å². The van der Waals surface area contributed by atoms with Crippen molar-refractivity contribution >= 4 is 0 Å². The van der Waals surface area contributed by atoms with E-state index in [1.54, 1.807) is 10.0 Å². The molecule has 0 spiro atoms. The van der Waals surface area contributed by atoms with Crippen LogP contribution >= 0.6 is 0 Å². The first-order valence-electron chi connectivity index (χ1n) is 2.39. The average Bonchev–Trinajstić information content (AvgIpc) is 1.61. The van der Waals surface area contributed by atoms with Crippen molar-refractivity contribution in [3.8, 4) is 0 Å². The topological polar surface area (TPSA) is 62.7 Å². The van der Waals surface area contributed by atoms with Crippen LogP contribution in [0.3, 0.4) is 0 Å². The van der Waals surface area contributed by atoms with Crippen molar-refractivity contribution in [2.45, 2.75) is 0 Å². The Morgan fingerprint density at radius 2 is 1.00 bits per heavy atom. The summed E-state index contributed by atoms with van der Waals surface area (Å²) < 4.78 is 0. The molecule has 0 radical (unpaired) electrons. The monoisotopic (exact) mass is 134 g/mol. The SMILES string of the molecule is CN(C)N=NN(C)C.O. The molecule has 0 heterocycles. The van der Waals surface area contributed by atoms with E-state index in [9.17, 15) is 0 Å². The highest BCUT2D eigenvalue weighted by molar-refractivity contribution is 4.19. The fourth-order valence-electron chi connectivity index (χ4n) is 0.160. The van der Waals surface area contributed by atoms with Crippen LogP contribution in [0.5, 0.6) is 0 Å². The molecule has 0 saturated heterocycles. The number of hydrogen-bond acceptors (Lipinski definition) is 2. The summed E-state index contributed by atoms with van der Waals surface area (Å²) in [5.74, 6) is 0. The first-order chi connectivity index (χ1) is 3.63. The van der Waals surface area contributed by atoms with Gasteiger partial charge < -0.3 is 5.48 Å². The molecule has 0 aliphatic rings. The predicted octanol–water partition coefficient (Wildman–Crippen LogP) is -0.433. The van der Waals surface area contributed by atoms with Gasteiger partial charge in [-0.3, -0.25) is 10.0 Å². The lowest BCUT2D eigenvalue weighted by atomic mass is 11.2. The van der Waals surface area contributed by atoms with Crippen LogP contribution in [0.4, 0.5) is 0 Å². The zero-order valence-corrected chi connectivity index (χ0v) is 6.29. The molecule has 0 amide bonds. The van der Waals surface area contributed by atoms with Crippen molar-refractivity contribution < 1.29 is 5.48 Å². The zero-order valence-electron chi connectivity index (χ0n) is 6.29. The van der Waals surface area contributed by atoms with Gasteiger partial charge in [0.2, 0.25) is 0 Å². The van der Waals surface area contributed by atoms with Crippen LogP contribution in [-0.2, 0) is 0 Å². The lowest BCUT2D eigenvalue weighted by Gasteiger charge is -2.04. The normalized spacial score (nSPS) is 8.89. The Balaban J connectivity index is 0. The fourth-order valence-corrected chi connectivity index (χ4v) is 0.160. The van der Waals surface area contributed by atoms with Crippen molar-refractivity contribution in [3.05, 3.63) is 0 Å². The van der Waals surface area contributed by atoms with Crippen LogP contribution < -0.4 is 0 Å². The Morgan fingerprint density at radius 1 is 0.778 bits per heavy atom. The van der Waals surface area contributed by atoms with Crippen molar-refractivity contribution in [2.24, 2.45) is 10.4 Å². The third-order valence-electron chi connectivity index (χ3n) is 0.398. The first-order valence-corrected chi connectivity index (χ1v) is 2.39. The van der Waals surface area contributed by atoms with Gasteiger partial charge in [0.1, 0.15) is 0 Å². The summed E-state index contributed by atoms with van der Waals surface area (Å²) in [7, 11) is 7.31. The van der Waals surface area contributed by atoms with Crippen LogP contribution in [0.15, 0.2) is 10.4 Å². The molecule has 5 nitrogen and oxygen atoms in total. The smallest absolute Gasteiger partial charge is 0.0262 e. The van der Waals surface area contributed by atoms with Crippen molar-refractivity contribution in [2.75, 3.05) is 28.2 Å². The molecule has 0 aliphatic heterocycles. The van der Waals surface area contributed by atoms with E-state index in [4.69, 9.17) is 0 Å². The zero-order chi connectivity index (χ0) is 6.57. The van der Waals surface area contributed by atoms with Crippen LogP contribution in [0.1, 0.15) is 0 Å². The molecular formula is C4H14N4O. The Hall–Kier alpha value is -0.840. The molecule has 9 heavy (non-hydrogen) atoms. The van der Waals surface area contributed by atoms with E-state index in [0.29, 0.717) is 0 Å². The summed E-state index contributed by atoms with van der Waals surface area (Å²) in [6, 6.07) is 0. The minimum atomic E-state index is 0. The molecule has 0 unspecified atom stereocenters. The molecule has 0 aliphatic carbocycles. The van der Waals surface area contributed by atoms with Crippen LogP contribution in [0.2, 0.25) is 0 Å². The van der Waals surface area contributed by atoms with E-state index in [0.717, 1.165) is 0 Å². The van der Waals surface area contributed by atoms with E-state index in [1.165, 1.54) is 0 Å². The summed E-state index contributed by atoms with van der Waals surface area (Å²) in [5, 5.41) is 10.7. The summed E-state index contributed by atoms with van der Waals surface area (Å²) >= 11 is 0. The Kier molecular flexibility index (Phi) is 6.49. The van der Waals surface area contributed by atoms with Crippen molar-refractivity contribution in [1.29, 1.82) is 0 Å². The molecule has 0 rings (SSSR count). The van der Waals surface area contributed by atoms with E-state index in [1.807, 2.05) is 28.2 Å². The average molecular weight is 134 g/mol. The second kappa shape index (κ2) is 5.30. The first kappa shape index (κ1) is 11.0. The van der Waals surface area contributed by atoms with Crippen molar-refractivity contribution in [3.63, 3.8) is 0 Å². The Bertz CT molecular complexity index is 70.6. The number of nitrogens with zero attached hydrogens (tertiary/aromatic N) is 4. The van der Waals surface area contributed by atoms with Gasteiger partial charge in [-0.2, -0.15) is 0 Å². The molecule has 0 aromatic rings. The minimum Gasteiger partial charge on any atom is -0.412 e. The third kappa shape index (κ3) is 11.0. The highest BCUT2D eigenvalue weighted by Gasteiger charge is 1.77. The molecule has 5 heteroatoms. The van der Waals surface area contributed by atoms with Gasteiger partial charge in [0.25, 0.3) is 0 Å². The molecular weight excluding hydrogens is 120 g/mol. The number of hydrogen-bond donors (Lipinski definition) is 0. The van der Waals surface area contributed by atoms with Gasteiger partial charge >= 0.3 is 0 Å². The lowest BCUT2D eigenvalue weighted by Crippen LogP contribution is -2.05. The summed E-state index contributed by atoms with van der Waals surface area (Å²) in [6.07, 6.45) is 0. The standard InChI is InChI=1S/C4H12N4.H2O/c1-7(2)5-6-8(3)4;/h1-4H3;1H2. The van der Waals surface area contributed by atoms with Crippen LogP contribution in [-0.4, -0.2) is 43.7 Å². The predicted molar refractivity (Wildman–Crippen MR) is 35.8 cm³/mol. The largest absolute Gasteiger partial charge is 0.412 e. The number of rotatable bonds is 2. The third-order valence-corrected chi connectivity index (χ3v) is 0.398. The second-order valence-electron chi connectivity index (χ2n) is 1.87. The summed E-state index contributed by atoms with van der Waals surface area (Å²) in [4.78, 5) is 0. The van der Waals surface area contributed by atoms with E-state index in [2.05, 4.69) is 10.4 Å². The maximum atomic E-state index is 3.71. The Labute approximate surface area is 55.2 Å². The lowest BCUT2D eigenvalue weighted by molar-refractivity contribution is 0.312. The maximum Gasteiger partial charge on any atom is 0.0262 e. The van der Waals surface area contributed by atoms with E-state index in [-0.39, 0.29) is 5.48 Å². The molecule has 0 aromatic carbocycles. The molecule has 0 aromatic heterocycles. The van der Waals surface area contributed by atoms with Gasteiger partial charge in [0.05, 0.1) is 0 Å². The molecule has 0 bridgehead atoms. The fraction of sp³-hybridized carbons (Fsp3) is 1.00. The van der Waals surface area contributed by atoms with Gasteiger partial charge in [-0.1, -0.05) is 10.4 Å². The highest BCUT2D eigenvalue weighted by Crippen LogP contribution is 1.80. The molecule has 56 valence electrons. The van der Waals surface area contributed by atoms with Gasteiger partial charge in [0, 0.05) is 28.2 Å². The van der Waals surface area contributed by atoms with Crippen molar-refractivity contribution in [1.82, 2.24) is 10.0 Å². The summed E-state index contributed by atoms with van der Waals surface area (Å²) in [5.41, 5.74) is 0. The quantitative estimate of drug-likeness (QED) is 0.380. The molecule has 0 atom stereocenters. The van der Waals surface area contributed by atoms with Gasteiger partial charge in [0.15, 0.2) is 0 Å². The molecule has 2 N–H and O–H groups in total.